The van der Waals surface area contributed by atoms with Gasteiger partial charge in [-0.1, -0.05) is 74.3 Å². The highest BCUT2D eigenvalue weighted by Gasteiger charge is 2.16. The fourth-order valence-corrected chi connectivity index (χ4v) is 2.69. The van der Waals surface area contributed by atoms with Crippen LogP contribution in [0.1, 0.15) is 15.0 Å². The molecule has 0 atom stereocenters. The summed E-state index contributed by atoms with van der Waals surface area (Å²) in [5.41, 5.74) is 3.07. The average Bonchev–Trinajstić information content (AvgIpc) is 3.00. The Morgan fingerprint density at radius 1 is 0.955 bits per heavy atom. The van der Waals surface area contributed by atoms with Gasteiger partial charge in [0.25, 0.3) is 0 Å². The van der Waals surface area contributed by atoms with Gasteiger partial charge in [0.1, 0.15) is 6.07 Å². The smallest absolute Gasteiger partial charge is 0.228 e. The molecule has 0 saturated heterocycles. The van der Waals surface area contributed by atoms with Crippen molar-refractivity contribution in [3.8, 4) is 28.8 Å². The van der Waals surface area contributed by atoms with E-state index in [2.05, 4.69) is 42.9 Å². The van der Waals surface area contributed by atoms with Crippen molar-refractivity contribution in [1.29, 1.82) is 5.26 Å². The summed E-state index contributed by atoms with van der Waals surface area (Å²) < 4.78 is 5.93. The standard InChI is InChI=1S/C17H10Br2N2O/c18-16(19)12-6-8-13(9-7-12)17-21-14(10-20)15(22-17)11-4-2-1-3-5-11/h1-9,16H. The van der Waals surface area contributed by atoms with Gasteiger partial charge < -0.3 is 4.42 Å². The van der Waals surface area contributed by atoms with Crippen molar-refractivity contribution >= 4 is 31.9 Å². The van der Waals surface area contributed by atoms with Gasteiger partial charge >= 0.3 is 0 Å². The summed E-state index contributed by atoms with van der Waals surface area (Å²) in [6, 6.07) is 19.4. The maximum Gasteiger partial charge on any atom is 0.228 e. The minimum atomic E-state index is 0.105. The van der Waals surface area contributed by atoms with Gasteiger partial charge in [-0.2, -0.15) is 10.2 Å². The van der Waals surface area contributed by atoms with Gasteiger partial charge in [-0.15, -0.1) is 0 Å². The SMILES string of the molecule is N#Cc1nc(-c2ccc(C(Br)Br)cc2)oc1-c1ccccc1. The van der Waals surface area contributed by atoms with Crippen molar-refractivity contribution in [2.45, 2.75) is 3.74 Å². The van der Waals surface area contributed by atoms with Gasteiger partial charge in [-0.3, -0.25) is 0 Å². The Kier molecular flexibility index (Phi) is 4.41. The Morgan fingerprint density at radius 2 is 1.64 bits per heavy atom. The lowest BCUT2D eigenvalue weighted by molar-refractivity contribution is 0.588. The number of nitriles is 1. The first kappa shape index (κ1) is 15.0. The quantitative estimate of drug-likeness (QED) is 0.516. The fourth-order valence-electron chi connectivity index (χ4n) is 2.08. The maximum absolute atomic E-state index is 9.27. The summed E-state index contributed by atoms with van der Waals surface area (Å²) >= 11 is 6.91. The topological polar surface area (TPSA) is 49.8 Å². The first-order valence-electron chi connectivity index (χ1n) is 6.54. The van der Waals surface area contributed by atoms with Gasteiger partial charge in [0.05, 0.1) is 3.74 Å². The Bertz CT molecular complexity index is 818. The van der Waals surface area contributed by atoms with Crippen molar-refractivity contribution in [2.75, 3.05) is 0 Å². The molecule has 3 aromatic rings. The summed E-state index contributed by atoms with van der Waals surface area (Å²) in [7, 11) is 0. The second kappa shape index (κ2) is 6.47. The molecule has 0 aliphatic carbocycles. The highest BCUT2D eigenvalue weighted by atomic mass is 79.9. The van der Waals surface area contributed by atoms with Crippen LogP contribution < -0.4 is 0 Å². The summed E-state index contributed by atoms with van der Waals surface area (Å²) in [5, 5.41) is 9.27. The molecule has 0 radical (unpaired) electrons. The van der Waals surface area contributed by atoms with Crippen LogP contribution in [0.25, 0.3) is 22.8 Å². The van der Waals surface area contributed by atoms with Crippen molar-refractivity contribution in [3.05, 3.63) is 65.9 Å². The van der Waals surface area contributed by atoms with Gasteiger partial charge in [0.15, 0.2) is 11.5 Å². The number of benzene rings is 2. The zero-order valence-corrected chi connectivity index (χ0v) is 14.5. The minimum Gasteiger partial charge on any atom is -0.435 e. The van der Waals surface area contributed by atoms with Gasteiger partial charge in [0, 0.05) is 11.1 Å². The normalized spacial score (nSPS) is 10.6. The number of oxazole rings is 1. The first-order valence-corrected chi connectivity index (χ1v) is 8.37. The number of rotatable bonds is 3. The van der Waals surface area contributed by atoms with E-state index in [1.54, 1.807) is 0 Å². The largest absolute Gasteiger partial charge is 0.435 e. The van der Waals surface area contributed by atoms with Crippen molar-refractivity contribution in [1.82, 2.24) is 4.98 Å². The molecule has 5 heteroatoms. The molecule has 0 spiro atoms. The van der Waals surface area contributed by atoms with Crippen molar-refractivity contribution < 1.29 is 4.42 Å². The van der Waals surface area contributed by atoms with Crippen LogP contribution in [0.4, 0.5) is 0 Å². The Balaban J connectivity index is 2.03. The van der Waals surface area contributed by atoms with Crippen LogP contribution >= 0.6 is 31.9 Å². The lowest BCUT2D eigenvalue weighted by Crippen LogP contribution is -1.82. The molecule has 3 rings (SSSR count). The number of hydrogen-bond donors (Lipinski definition) is 0. The van der Waals surface area contributed by atoms with Gasteiger partial charge in [0.2, 0.25) is 5.89 Å². The second-order valence-corrected chi connectivity index (χ2v) is 7.66. The van der Waals surface area contributed by atoms with Gasteiger partial charge in [-0.05, 0) is 17.7 Å². The highest BCUT2D eigenvalue weighted by Crippen LogP contribution is 2.32. The van der Waals surface area contributed by atoms with Crippen LogP contribution in [-0.4, -0.2) is 4.98 Å². The van der Waals surface area contributed by atoms with Crippen LogP contribution in [0.15, 0.2) is 59.0 Å². The van der Waals surface area contributed by atoms with Gasteiger partial charge in [-0.25, -0.2) is 0 Å². The summed E-state index contributed by atoms with van der Waals surface area (Å²) in [5.74, 6) is 0.948. The molecule has 0 bridgehead atoms. The Hall–Kier alpha value is -1.90. The van der Waals surface area contributed by atoms with Crippen molar-refractivity contribution in [3.63, 3.8) is 0 Å². The molecule has 1 aromatic heterocycles. The lowest BCUT2D eigenvalue weighted by Gasteiger charge is -2.02. The zero-order chi connectivity index (χ0) is 15.5. The van der Waals surface area contributed by atoms with Crippen LogP contribution in [0.2, 0.25) is 0 Å². The summed E-state index contributed by atoms with van der Waals surface area (Å²) in [6.45, 7) is 0. The predicted molar refractivity (Wildman–Crippen MR) is 92.7 cm³/mol. The predicted octanol–water partition coefficient (Wildman–Crippen LogP) is 5.67. The summed E-state index contributed by atoms with van der Waals surface area (Å²) in [6.07, 6.45) is 0. The van der Waals surface area contributed by atoms with Crippen LogP contribution in [0, 0.1) is 11.3 Å². The summed E-state index contributed by atoms with van der Waals surface area (Å²) in [4.78, 5) is 4.30. The molecule has 3 nitrogen and oxygen atoms in total. The molecule has 0 amide bonds. The van der Waals surface area contributed by atoms with E-state index in [0.717, 1.165) is 16.7 Å². The molecular weight excluding hydrogens is 408 g/mol. The molecule has 0 N–H and O–H groups in total. The molecule has 0 aliphatic heterocycles. The lowest BCUT2D eigenvalue weighted by atomic mass is 10.1. The molecule has 0 saturated carbocycles. The van der Waals surface area contributed by atoms with Crippen LogP contribution in [0.3, 0.4) is 0 Å². The zero-order valence-electron chi connectivity index (χ0n) is 11.3. The molecule has 0 unspecified atom stereocenters. The fraction of sp³-hybridized carbons (Fsp3) is 0.0588. The number of halogens is 2. The van der Waals surface area contributed by atoms with E-state index in [0.29, 0.717) is 17.3 Å². The number of hydrogen-bond acceptors (Lipinski definition) is 3. The molecule has 22 heavy (non-hydrogen) atoms. The van der Waals surface area contributed by atoms with Crippen LogP contribution in [0.5, 0.6) is 0 Å². The maximum atomic E-state index is 9.27. The van der Waals surface area contributed by atoms with E-state index >= 15 is 0 Å². The number of alkyl halides is 2. The third-order valence-electron chi connectivity index (χ3n) is 3.18. The average molecular weight is 418 g/mol. The van der Waals surface area contributed by atoms with Crippen LogP contribution in [-0.2, 0) is 0 Å². The molecule has 0 aliphatic rings. The Labute approximate surface area is 144 Å². The van der Waals surface area contributed by atoms with E-state index in [-0.39, 0.29) is 3.74 Å². The molecular formula is C17H10Br2N2O. The molecule has 0 fully saturated rings. The van der Waals surface area contributed by atoms with Crippen molar-refractivity contribution in [2.24, 2.45) is 0 Å². The minimum absolute atomic E-state index is 0.105. The molecule has 2 aromatic carbocycles. The Morgan fingerprint density at radius 3 is 2.23 bits per heavy atom. The number of nitrogens with zero attached hydrogens (tertiary/aromatic N) is 2. The van der Waals surface area contributed by atoms with E-state index in [1.807, 2.05) is 54.6 Å². The first-order chi connectivity index (χ1) is 10.7. The van der Waals surface area contributed by atoms with E-state index in [9.17, 15) is 5.26 Å². The third-order valence-corrected chi connectivity index (χ3v) is 4.24. The molecule has 1 heterocycles. The van der Waals surface area contributed by atoms with E-state index < -0.39 is 0 Å². The number of aromatic nitrogens is 1. The second-order valence-electron chi connectivity index (χ2n) is 4.60. The molecule has 108 valence electrons. The monoisotopic (exact) mass is 416 g/mol. The van der Waals surface area contributed by atoms with E-state index in [1.165, 1.54) is 0 Å². The third kappa shape index (κ3) is 2.99. The highest BCUT2D eigenvalue weighted by molar-refractivity contribution is 9.24. The van der Waals surface area contributed by atoms with E-state index in [4.69, 9.17) is 4.42 Å².